The van der Waals surface area contributed by atoms with Gasteiger partial charge in [0.15, 0.2) is 5.78 Å². The second kappa shape index (κ2) is 6.00. The summed E-state index contributed by atoms with van der Waals surface area (Å²) in [5.74, 6) is 1.03. The van der Waals surface area contributed by atoms with Crippen molar-refractivity contribution >= 4 is 5.78 Å². The van der Waals surface area contributed by atoms with E-state index in [-0.39, 0.29) is 17.7 Å². The first-order valence-electron chi connectivity index (χ1n) is 9.71. The minimum absolute atomic E-state index is 0.150. The van der Waals surface area contributed by atoms with Crippen LogP contribution in [-0.2, 0) is 0 Å². The number of carbonyl (C=O) groups is 1. The van der Waals surface area contributed by atoms with Crippen molar-refractivity contribution in [3.63, 3.8) is 0 Å². The van der Waals surface area contributed by atoms with Crippen LogP contribution in [0.25, 0.3) is 0 Å². The van der Waals surface area contributed by atoms with Crippen molar-refractivity contribution in [3.8, 4) is 0 Å². The van der Waals surface area contributed by atoms with Gasteiger partial charge in [-0.1, -0.05) is 29.8 Å². The van der Waals surface area contributed by atoms with Crippen LogP contribution in [0.3, 0.4) is 0 Å². The summed E-state index contributed by atoms with van der Waals surface area (Å²) in [6, 6.07) is 12.5. The van der Waals surface area contributed by atoms with Crippen molar-refractivity contribution in [1.82, 2.24) is 15.2 Å². The molecular formula is C22H25N3O. The Balaban J connectivity index is 1.67. The molecular weight excluding hydrogens is 322 g/mol. The summed E-state index contributed by atoms with van der Waals surface area (Å²) < 4.78 is 0. The van der Waals surface area contributed by atoms with Crippen molar-refractivity contribution < 1.29 is 4.79 Å². The number of nitrogens with zero attached hydrogens (tertiary/aromatic N) is 2. The number of piperidine rings is 3. The SMILES string of the molecule is Cc1cccc(C(=O)C23C(c4cccnc4)CNC2C2CCN3CC2)c1. The molecule has 0 radical (unpaired) electrons. The Hall–Kier alpha value is -2.04. The van der Waals surface area contributed by atoms with Crippen molar-refractivity contribution in [1.29, 1.82) is 0 Å². The molecule has 0 spiro atoms. The zero-order valence-electron chi connectivity index (χ0n) is 15.2. The van der Waals surface area contributed by atoms with Crippen LogP contribution < -0.4 is 5.32 Å². The van der Waals surface area contributed by atoms with Gasteiger partial charge in [-0.15, -0.1) is 0 Å². The summed E-state index contributed by atoms with van der Waals surface area (Å²) in [4.78, 5) is 20.9. The molecule has 134 valence electrons. The number of nitrogens with one attached hydrogen (secondary N) is 1. The molecule has 5 heterocycles. The van der Waals surface area contributed by atoms with Gasteiger partial charge in [0.05, 0.1) is 0 Å². The molecule has 1 aromatic carbocycles. The van der Waals surface area contributed by atoms with Crippen LogP contribution in [0.2, 0.25) is 0 Å². The molecule has 6 rings (SSSR count). The predicted octanol–water partition coefficient (Wildman–Crippen LogP) is 2.79. The van der Waals surface area contributed by atoms with Crippen LogP contribution in [0, 0.1) is 12.8 Å². The zero-order valence-corrected chi connectivity index (χ0v) is 15.2. The maximum absolute atomic E-state index is 14.0. The van der Waals surface area contributed by atoms with Gasteiger partial charge in [0.2, 0.25) is 0 Å². The van der Waals surface area contributed by atoms with Gasteiger partial charge < -0.3 is 5.32 Å². The third-order valence-electron chi connectivity index (χ3n) is 6.81. The van der Waals surface area contributed by atoms with Crippen LogP contribution >= 0.6 is 0 Å². The highest BCUT2D eigenvalue weighted by atomic mass is 16.1. The minimum atomic E-state index is -0.474. The number of aromatic nitrogens is 1. The fraction of sp³-hybridized carbons (Fsp3) is 0.455. The van der Waals surface area contributed by atoms with E-state index < -0.39 is 5.54 Å². The van der Waals surface area contributed by atoms with E-state index in [1.807, 2.05) is 30.6 Å². The number of benzene rings is 1. The lowest BCUT2D eigenvalue weighted by atomic mass is 9.63. The first-order valence-corrected chi connectivity index (χ1v) is 9.71. The van der Waals surface area contributed by atoms with E-state index in [1.54, 1.807) is 0 Å². The van der Waals surface area contributed by atoms with Gasteiger partial charge in [0, 0.05) is 36.5 Å². The van der Waals surface area contributed by atoms with Gasteiger partial charge in [-0.25, -0.2) is 0 Å². The lowest BCUT2D eigenvalue weighted by Crippen LogP contribution is -2.72. The fourth-order valence-electron chi connectivity index (χ4n) is 5.73. The Morgan fingerprint density at radius 3 is 2.81 bits per heavy atom. The van der Waals surface area contributed by atoms with Crippen molar-refractivity contribution in [2.24, 2.45) is 5.92 Å². The fourth-order valence-corrected chi connectivity index (χ4v) is 5.73. The first-order chi connectivity index (χ1) is 12.7. The number of rotatable bonds is 3. The normalized spacial score (nSPS) is 35.3. The number of hydrogen-bond donors (Lipinski definition) is 1. The monoisotopic (exact) mass is 347 g/mol. The molecule has 2 aromatic rings. The summed E-state index contributed by atoms with van der Waals surface area (Å²) in [6.45, 7) is 4.96. The molecule has 4 aliphatic rings. The highest BCUT2D eigenvalue weighted by Gasteiger charge is 2.64. The molecule has 4 fully saturated rings. The summed E-state index contributed by atoms with van der Waals surface area (Å²) in [5, 5.41) is 3.75. The third kappa shape index (κ3) is 2.15. The maximum atomic E-state index is 14.0. The van der Waals surface area contributed by atoms with Crippen LogP contribution in [0.15, 0.2) is 48.8 Å². The topological polar surface area (TPSA) is 45.2 Å². The lowest BCUT2D eigenvalue weighted by molar-refractivity contribution is -0.0313. The molecule has 4 heteroatoms. The lowest BCUT2D eigenvalue weighted by Gasteiger charge is -2.57. The second-order valence-electron chi connectivity index (χ2n) is 8.07. The summed E-state index contributed by atoms with van der Waals surface area (Å²) in [5.41, 5.74) is 2.69. The number of carbonyl (C=O) groups excluding carboxylic acids is 1. The van der Waals surface area contributed by atoms with E-state index in [0.717, 1.165) is 30.8 Å². The molecule has 0 aliphatic carbocycles. The van der Waals surface area contributed by atoms with Gasteiger partial charge >= 0.3 is 0 Å². The van der Waals surface area contributed by atoms with Crippen LogP contribution in [0.1, 0.15) is 40.2 Å². The van der Waals surface area contributed by atoms with E-state index >= 15 is 0 Å². The number of ketones is 1. The standard InChI is InChI=1S/C22H25N3O/c1-15-4-2-5-17(12-15)21(26)22-19(18-6-3-9-23-13-18)14-24-20(22)16-7-10-25(22)11-8-16/h2-6,9,12-13,16,19-20,24H,7-8,10-11,14H2,1H3. The van der Waals surface area contributed by atoms with Gasteiger partial charge in [-0.05, 0) is 56.5 Å². The van der Waals surface area contributed by atoms with E-state index in [0.29, 0.717) is 5.92 Å². The summed E-state index contributed by atoms with van der Waals surface area (Å²) >= 11 is 0. The molecule has 26 heavy (non-hydrogen) atoms. The highest BCUT2D eigenvalue weighted by Crippen LogP contribution is 2.51. The molecule has 2 bridgehead atoms. The van der Waals surface area contributed by atoms with Gasteiger partial charge in [-0.2, -0.15) is 0 Å². The Morgan fingerprint density at radius 2 is 2.08 bits per heavy atom. The van der Waals surface area contributed by atoms with Gasteiger partial charge in [0.25, 0.3) is 0 Å². The van der Waals surface area contributed by atoms with Crippen LogP contribution in [0.5, 0.6) is 0 Å². The number of Topliss-reactive ketones (excluding diaryl/α,β-unsaturated/α-hetero) is 1. The molecule has 4 aliphatic heterocycles. The number of hydrogen-bond acceptors (Lipinski definition) is 4. The first kappa shape index (κ1) is 16.2. The van der Waals surface area contributed by atoms with E-state index in [4.69, 9.17) is 0 Å². The molecule has 4 saturated heterocycles. The maximum Gasteiger partial charge on any atom is 0.185 e. The Morgan fingerprint density at radius 1 is 1.23 bits per heavy atom. The Kier molecular flexibility index (Phi) is 3.73. The van der Waals surface area contributed by atoms with E-state index in [2.05, 4.69) is 40.3 Å². The average molecular weight is 347 g/mol. The van der Waals surface area contributed by atoms with Crippen LogP contribution in [0.4, 0.5) is 0 Å². The predicted molar refractivity (Wildman–Crippen MR) is 101 cm³/mol. The zero-order chi connectivity index (χ0) is 17.7. The second-order valence-corrected chi connectivity index (χ2v) is 8.07. The van der Waals surface area contributed by atoms with Gasteiger partial charge in [-0.3, -0.25) is 14.7 Å². The van der Waals surface area contributed by atoms with Crippen LogP contribution in [-0.4, -0.2) is 46.9 Å². The van der Waals surface area contributed by atoms with Gasteiger partial charge in [0.1, 0.15) is 5.54 Å². The smallest absolute Gasteiger partial charge is 0.185 e. The van der Waals surface area contributed by atoms with Crippen molar-refractivity contribution in [2.45, 2.75) is 37.3 Å². The number of fused-ring (bicyclic) bond motifs is 2. The molecule has 0 amide bonds. The number of aryl methyl sites for hydroxylation is 1. The van der Waals surface area contributed by atoms with E-state index in [1.165, 1.54) is 18.4 Å². The molecule has 1 aromatic heterocycles. The summed E-state index contributed by atoms with van der Waals surface area (Å²) in [6.07, 6.45) is 6.15. The summed E-state index contributed by atoms with van der Waals surface area (Å²) in [7, 11) is 0. The van der Waals surface area contributed by atoms with Crippen molar-refractivity contribution in [3.05, 3.63) is 65.5 Å². The molecule has 3 unspecified atom stereocenters. The molecule has 1 N–H and O–H groups in total. The molecule has 3 atom stereocenters. The third-order valence-corrected chi connectivity index (χ3v) is 6.81. The Labute approximate surface area is 154 Å². The Bertz CT molecular complexity index is 828. The van der Waals surface area contributed by atoms with Crippen molar-refractivity contribution in [2.75, 3.05) is 19.6 Å². The number of pyridine rings is 1. The van der Waals surface area contributed by atoms with E-state index in [9.17, 15) is 4.79 Å². The highest BCUT2D eigenvalue weighted by molar-refractivity contribution is 6.05. The largest absolute Gasteiger partial charge is 0.311 e. The average Bonchev–Trinajstić information content (AvgIpc) is 3.12. The molecule has 0 saturated carbocycles. The minimum Gasteiger partial charge on any atom is -0.311 e. The molecule has 4 nitrogen and oxygen atoms in total. The quantitative estimate of drug-likeness (QED) is 0.867.